The second kappa shape index (κ2) is 5.28. The molecule has 2 nitrogen and oxygen atoms in total. The Morgan fingerprint density at radius 3 is 2.47 bits per heavy atom. The van der Waals surface area contributed by atoms with E-state index in [2.05, 4.69) is 48.1 Å². The van der Waals surface area contributed by atoms with Crippen molar-refractivity contribution in [3.8, 4) is 11.3 Å². The summed E-state index contributed by atoms with van der Waals surface area (Å²) in [6.07, 6.45) is 1.88. The minimum absolute atomic E-state index is 0.513. The third-order valence-corrected chi connectivity index (χ3v) is 2.76. The van der Waals surface area contributed by atoms with Gasteiger partial charge in [-0.15, -0.1) is 0 Å². The van der Waals surface area contributed by atoms with Crippen LogP contribution >= 0.6 is 11.6 Å². The highest BCUT2D eigenvalue weighted by Crippen LogP contribution is 2.20. The van der Waals surface area contributed by atoms with E-state index in [9.17, 15) is 0 Å². The summed E-state index contributed by atoms with van der Waals surface area (Å²) >= 11 is 6.02. The fourth-order valence-corrected chi connectivity index (χ4v) is 1.87. The van der Waals surface area contributed by atoms with Crippen molar-refractivity contribution in [1.82, 2.24) is 9.97 Å². The van der Waals surface area contributed by atoms with E-state index in [-0.39, 0.29) is 0 Å². The molecule has 0 aliphatic rings. The molecule has 1 heterocycles. The van der Waals surface area contributed by atoms with Crippen molar-refractivity contribution in [3.05, 3.63) is 46.9 Å². The normalized spacial score (nSPS) is 10.5. The van der Waals surface area contributed by atoms with Crippen LogP contribution < -0.4 is 0 Å². The van der Waals surface area contributed by atoms with Gasteiger partial charge in [0, 0.05) is 18.1 Å². The first kappa shape index (κ1) is 12.1. The molecule has 1 aromatic carbocycles. The molecule has 0 N–H and O–H groups in total. The van der Waals surface area contributed by atoms with Gasteiger partial charge in [0.2, 0.25) is 0 Å². The van der Waals surface area contributed by atoms with Gasteiger partial charge in [-0.05, 0) is 13.3 Å². The van der Waals surface area contributed by atoms with Gasteiger partial charge >= 0.3 is 0 Å². The molecule has 0 spiro atoms. The molecule has 0 saturated heterocycles. The van der Waals surface area contributed by atoms with E-state index in [0.717, 1.165) is 29.9 Å². The second-order valence-corrected chi connectivity index (χ2v) is 4.50. The number of rotatable bonds is 3. The monoisotopic (exact) mass is 246 g/mol. The van der Waals surface area contributed by atoms with Gasteiger partial charge in [0.15, 0.2) is 0 Å². The highest BCUT2D eigenvalue weighted by Gasteiger charge is 2.04. The van der Waals surface area contributed by atoms with Crippen molar-refractivity contribution < 1.29 is 0 Å². The number of aromatic nitrogens is 2. The van der Waals surface area contributed by atoms with Gasteiger partial charge < -0.3 is 0 Å². The standard InChI is InChI=1S/C14H15ClN2/c1-3-4-14-16-12(9-13(15)17-14)11-7-5-10(2)6-8-11/h5-9H,3-4H2,1-2H3. The lowest BCUT2D eigenvalue weighted by Crippen LogP contribution is -1.96. The zero-order chi connectivity index (χ0) is 12.3. The summed E-state index contributed by atoms with van der Waals surface area (Å²) < 4.78 is 0. The second-order valence-electron chi connectivity index (χ2n) is 4.11. The summed E-state index contributed by atoms with van der Waals surface area (Å²) in [7, 11) is 0. The van der Waals surface area contributed by atoms with Gasteiger partial charge in [0.1, 0.15) is 11.0 Å². The minimum Gasteiger partial charge on any atom is -0.233 e. The minimum atomic E-state index is 0.513. The Morgan fingerprint density at radius 1 is 1.12 bits per heavy atom. The molecule has 0 unspecified atom stereocenters. The molecule has 0 bridgehead atoms. The smallest absolute Gasteiger partial charge is 0.133 e. The number of aryl methyl sites for hydroxylation is 2. The van der Waals surface area contributed by atoms with Crippen LogP contribution in [-0.2, 0) is 6.42 Å². The van der Waals surface area contributed by atoms with E-state index in [4.69, 9.17) is 11.6 Å². The summed E-state index contributed by atoms with van der Waals surface area (Å²) in [5.74, 6) is 0.815. The number of nitrogens with zero attached hydrogens (tertiary/aromatic N) is 2. The predicted molar refractivity (Wildman–Crippen MR) is 71.2 cm³/mol. The van der Waals surface area contributed by atoms with E-state index in [1.165, 1.54) is 5.56 Å². The molecular weight excluding hydrogens is 232 g/mol. The molecule has 0 amide bonds. The van der Waals surface area contributed by atoms with Gasteiger partial charge in [0.05, 0.1) is 5.69 Å². The summed E-state index contributed by atoms with van der Waals surface area (Å²) in [4.78, 5) is 8.75. The molecule has 0 fully saturated rings. The van der Waals surface area contributed by atoms with E-state index in [1.807, 2.05) is 6.07 Å². The van der Waals surface area contributed by atoms with Gasteiger partial charge in [-0.25, -0.2) is 9.97 Å². The number of halogens is 1. The number of hydrogen-bond donors (Lipinski definition) is 0. The summed E-state index contributed by atoms with van der Waals surface area (Å²) in [6, 6.07) is 10.1. The van der Waals surface area contributed by atoms with Gasteiger partial charge in [-0.3, -0.25) is 0 Å². The van der Waals surface area contributed by atoms with E-state index < -0.39 is 0 Å². The van der Waals surface area contributed by atoms with E-state index >= 15 is 0 Å². The van der Waals surface area contributed by atoms with E-state index in [0.29, 0.717) is 5.15 Å². The molecule has 0 aliphatic heterocycles. The molecule has 17 heavy (non-hydrogen) atoms. The average Bonchev–Trinajstić information content (AvgIpc) is 2.29. The molecule has 0 radical (unpaired) electrons. The third kappa shape index (κ3) is 3.04. The maximum Gasteiger partial charge on any atom is 0.133 e. The Bertz CT molecular complexity index is 506. The fourth-order valence-electron chi connectivity index (χ4n) is 1.67. The lowest BCUT2D eigenvalue weighted by atomic mass is 10.1. The molecule has 3 heteroatoms. The number of hydrogen-bond acceptors (Lipinski definition) is 2. The largest absolute Gasteiger partial charge is 0.233 e. The predicted octanol–water partition coefficient (Wildman–Crippen LogP) is 4.06. The van der Waals surface area contributed by atoms with Crippen LogP contribution in [0.2, 0.25) is 5.15 Å². The van der Waals surface area contributed by atoms with Crippen LogP contribution in [-0.4, -0.2) is 9.97 Å². The summed E-state index contributed by atoms with van der Waals surface area (Å²) in [5, 5.41) is 0.513. The zero-order valence-electron chi connectivity index (χ0n) is 10.1. The zero-order valence-corrected chi connectivity index (χ0v) is 10.8. The summed E-state index contributed by atoms with van der Waals surface area (Å²) in [6.45, 7) is 4.18. The van der Waals surface area contributed by atoms with Crippen LogP contribution in [0.1, 0.15) is 24.7 Å². The maximum atomic E-state index is 6.02. The molecule has 88 valence electrons. The van der Waals surface area contributed by atoms with Crippen LogP contribution in [0.5, 0.6) is 0 Å². The molecule has 2 rings (SSSR count). The average molecular weight is 247 g/mol. The van der Waals surface area contributed by atoms with Crippen molar-refractivity contribution in [3.63, 3.8) is 0 Å². The Hall–Kier alpha value is -1.41. The first-order valence-electron chi connectivity index (χ1n) is 5.79. The lowest BCUT2D eigenvalue weighted by Gasteiger charge is -2.05. The molecule has 0 atom stereocenters. The molecule has 0 aliphatic carbocycles. The Balaban J connectivity index is 2.40. The van der Waals surface area contributed by atoms with Crippen LogP contribution in [0.25, 0.3) is 11.3 Å². The molecule has 0 saturated carbocycles. The first-order valence-corrected chi connectivity index (χ1v) is 6.17. The first-order chi connectivity index (χ1) is 8.19. The van der Waals surface area contributed by atoms with Gasteiger partial charge in [-0.1, -0.05) is 48.4 Å². The highest BCUT2D eigenvalue weighted by atomic mass is 35.5. The molecule has 1 aromatic heterocycles. The maximum absolute atomic E-state index is 6.02. The van der Waals surface area contributed by atoms with Gasteiger partial charge in [0.25, 0.3) is 0 Å². The fraction of sp³-hybridized carbons (Fsp3) is 0.286. The quantitative estimate of drug-likeness (QED) is 0.764. The SMILES string of the molecule is CCCc1nc(Cl)cc(-c2ccc(C)cc2)n1. The highest BCUT2D eigenvalue weighted by molar-refractivity contribution is 6.29. The topological polar surface area (TPSA) is 25.8 Å². The van der Waals surface area contributed by atoms with Crippen molar-refractivity contribution in [2.45, 2.75) is 26.7 Å². The third-order valence-electron chi connectivity index (χ3n) is 2.56. The van der Waals surface area contributed by atoms with Crippen LogP contribution in [0.15, 0.2) is 30.3 Å². The lowest BCUT2D eigenvalue weighted by molar-refractivity contribution is 0.836. The van der Waals surface area contributed by atoms with Crippen molar-refractivity contribution in [2.75, 3.05) is 0 Å². The van der Waals surface area contributed by atoms with Crippen LogP contribution in [0.4, 0.5) is 0 Å². The van der Waals surface area contributed by atoms with Crippen LogP contribution in [0.3, 0.4) is 0 Å². The van der Waals surface area contributed by atoms with Gasteiger partial charge in [-0.2, -0.15) is 0 Å². The van der Waals surface area contributed by atoms with Crippen molar-refractivity contribution in [1.29, 1.82) is 0 Å². The Kier molecular flexibility index (Phi) is 3.75. The van der Waals surface area contributed by atoms with Crippen molar-refractivity contribution in [2.24, 2.45) is 0 Å². The van der Waals surface area contributed by atoms with Crippen LogP contribution in [0, 0.1) is 6.92 Å². The number of benzene rings is 1. The summed E-state index contributed by atoms with van der Waals surface area (Å²) in [5.41, 5.74) is 3.22. The van der Waals surface area contributed by atoms with Crippen molar-refractivity contribution >= 4 is 11.6 Å². The molecular formula is C14H15ClN2. The Labute approximate surface area is 107 Å². The van der Waals surface area contributed by atoms with E-state index in [1.54, 1.807) is 0 Å². The Morgan fingerprint density at radius 2 is 1.82 bits per heavy atom. The molecule has 2 aromatic rings.